The molecule has 0 atom stereocenters. The molecule has 4 heterocycles. The molecule has 0 saturated carbocycles. The van der Waals surface area contributed by atoms with E-state index in [1.54, 1.807) is 0 Å². The van der Waals surface area contributed by atoms with Crippen molar-refractivity contribution >= 4 is 78.7 Å². The summed E-state index contributed by atoms with van der Waals surface area (Å²) in [6.07, 6.45) is 0. The van der Waals surface area contributed by atoms with Gasteiger partial charge in [0.2, 0.25) is 0 Å². The Morgan fingerprint density at radius 2 is 1.16 bits per heavy atom. The minimum absolute atomic E-state index is 0.342. The van der Waals surface area contributed by atoms with E-state index >= 15 is 0 Å². The van der Waals surface area contributed by atoms with Gasteiger partial charge in [0.15, 0.2) is 0 Å². The Morgan fingerprint density at radius 1 is 0.467 bits per heavy atom. The molecule has 10 rings (SSSR count). The summed E-state index contributed by atoms with van der Waals surface area (Å²) in [5.41, 5.74) is 8.78. The molecule has 0 unspecified atom stereocenters. The van der Waals surface area contributed by atoms with E-state index in [9.17, 15) is 0 Å². The first-order valence-corrected chi connectivity index (χ1v) is 16.9. The molecule has 0 N–H and O–H groups in total. The standard InChI is InChI=1S/C40H24N4Se/c1-2-10-26(11-3-1)43-34-16-8-6-13-28(34)32-24-25(18-20-36(32)43)38-30-14-4-7-15-33(30)41-40(42-38)44-35-17-9-5-12-27(35)29-19-21-37-31(39(29)44)22-23-45-37/h1-24H. The van der Waals surface area contributed by atoms with Crippen molar-refractivity contribution in [1.82, 2.24) is 19.1 Å². The first-order valence-electron chi connectivity index (χ1n) is 15.1. The summed E-state index contributed by atoms with van der Waals surface area (Å²) < 4.78 is 6.04. The van der Waals surface area contributed by atoms with Gasteiger partial charge in [0.05, 0.1) is 0 Å². The van der Waals surface area contributed by atoms with E-state index in [0.29, 0.717) is 20.5 Å². The number of nitrogens with zero attached hydrogens (tertiary/aromatic N) is 4. The van der Waals surface area contributed by atoms with E-state index in [0.717, 1.165) is 33.4 Å². The molecule has 4 nitrogen and oxygen atoms in total. The molecule has 0 radical (unpaired) electrons. The third-order valence-corrected chi connectivity index (χ3v) is 10.9. The van der Waals surface area contributed by atoms with Gasteiger partial charge < -0.3 is 0 Å². The molecule has 0 saturated heterocycles. The molecule has 0 bridgehead atoms. The summed E-state index contributed by atoms with van der Waals surface area (Å²) in [7, 11) is 0. The van der Waals surface area contributed by atoms with Gasteiger partial charge in [-0.15, -0.1) is 0 Å². The predicted molar refractivity (Wildman–Crippen MR) is 188 cm³/mol. The van der Waals surface area contributed by atoms with Crippen molar-refractivity contribution < 1.29 is 0 Å². The number of aromatic nitrogens is 4. The minimum atomic E-state index is 0.342. The molecule has 0 aliphatic heterocycles. The number of rotatable bonds is 3. The molecule has 0 aliphatic carbocycles. The largest absolute Gasteiger partial charge is 0.0602 e. The monoisotopic (exact) mass is 640 g/mol. The Hall–Kier alpha value is -5.48. The van der Waals surface area contributed by atoms with Crippen molar-refractivity contribution in [2.45, 2.75) is 0 Å². The quantitative estimate of drug-likeness (QED) is 0.181. The fourth-order valence-electron chi connectivity index (χ4n) is 7.07. The first kappa shape index (κ1) is 24.9. The summed E-state index contributed by atoms with van der Waals surface area (Å²) in [4.78, 5) is 12.9. The molecule has 210 valence electrons. The molecular formula is C40H24N4Se. The summed E-state index contributed by atoms with van der Waals surface area (Å²) in [5, 5.41) is 7.22. The van der Waals surface area contributed by atoms with Gasteiger partial charge >= 0.3 is 211 Å². The minimum Gasteiger partial charge on any atom is -0.0602 e. The van der Waals surface area contributed by atoms with Gasteiger partial charge in [0, 0.05) is 5.69 Å². The van der Waals surface area contributed by atoms with Crippen LogP contribution < -0.4 is 0 Å². The molecule has 6 aromatic carbocycles. The van der Waals surface area contributed by atoms with Gasteiger partial charge in [-0.3, -0.25) is 0 Å². The van der Waals surface area contributed by atoms with Crippen LogP contribution in [-0.4, -0.2) is 33.6 Å². The van der Waals surface area contributed by atoms with Crippen molar-refractivity contribution in [2.75, 3.05) is 0 Å². The van der Waals surface area contributed by atoms with Crippen molar-refractivity contribution in [2.24, 2.45) is 0 Å². The van der Waals surface area contributed by atoms with Crippen LogP contribution in [0.5, 0.6) is 0 Å². The molecule has 10 aromatic rings. The van der Waals surface area contributed by atoms with E-state index in [4.69, 9.17) is 9.97 Å². The van der Waals surface area contributed by atoms with Crippen molar-refractivity contribution in [1.29, 1.82) is 0 Å². The second kappa shape index (κ2) is 9.51. The molecule has 5 heteroatoms. The Labute approximate surface area is 264 Å². The van der Waals surface area contributed by atoms with Crippen LogP contribution in [0.4, 0.5) is 0 Å². The maximum Gasteiger partial charge on any atom is -0.0380 e. The van der Waals surface area contributed by atoms with Crippen molar-refractivity contribution in [3.05, 3.63) is 144 Å². The van der Waals surface area contributed by atoms with E-state index in [-0.39, 0.29) is 0 Å². The molecule has 0 fully saturated rings. The number of benzene rings is 6. The number of fused-ring (bicyclic) bond motifs is 9. The molecule has 0 aliphatic rings. The van der Waals surface area contributed by atoms with Crippen LogP contribution in [-0.2, 0) is 0 Å². The second-order valence-electron chi connectivity index (χ2n) is 11.5. The zero-order chi connectivity index (χ0) is 29.5. The zero-order valence-corrected chi connectivity index (χ0v) is 25.8. The predicted octanol–water partition coefficient (Wildman–Crippen LogP) is 9.70. The van der Waals surface area contributed by atoms with E-state index in [1.165, 1.54) is 47.7 Å². The van der Waals surface area contributed by atoms with Crippen molar-refractivity contribution in [3.8, 4) is 22.9 Å². The SMILES string of the molecule is c1ccc(-n2c3ccccc3c3cc(-c4nc(-n5c6ccccc6c6ccc7[se]ccc7c65)nc5ccccc45)ccc32)cc1. The van der Waals surface area contributed by atoms with E-state index < -0.39 is 0 Å². The van der Waals surface area contributed by atoms with E-state index in [2.05, 4.69) is 154 Å². The van der Waals surface area contributed by atoms with Crippen LogP contribution in [0.25, 0.3) is 87.1 Å². The smallest absolute Gasteiger partial charge is 0.0380 e. The second-order valence-corrected chi connectivity index (χ2v) is 13.4. The molecule has 4 aromatic heterocycles. The van der Waals surface area contributed by atoms with Crippen LogP contribution in [0.2, 0.25) is 0 Å². The molecular weight excluding hydrogens is 615 g/mol. The Morgan fingerprint density at radius 3 is 2.00 bits per heavy atom. The van der Waals surface area contributed by atoms with Gasteiger partial charge in [-0.2, -0.15) is 0 Å². The Kier molecular flexibility index (Phi) is 5.26. The topological polar surface area (TPSA) is 35.6 Å². The Bertz CT molecular complexity index is 2770. The van der Waals surface area contributed by atoms with Crippen LogP contribution in [0, 0.1) is 0 Å². The fourth-order valence-corrected chi connectivity index (χ4v) is 8.73. The molecule has 0 spiro atoms. The summed E-state index contributed by atoms with van der Waals surface area (Å²) >= 11 is 0.342. The van der Waals surface area contributed by atoms with Gasteiger partial charge in [-0.1, -0.05) is 30.3 Å². The molecule has 0 amide bonds. The maximum atomic E-state index is 5.42. The normalized spacial score (nSPS) is 12.0. The maximum absolute atomic E-state index is 5.42. The number of para-hydroxylation sites is 4. The van der Waals surface area contributed by atoms with Crippen LogP contribution in [0.15, 0.2) is 144 Å². The number of hydrogen-bond donors (Lipinski definition) is 0. The average Bonchev–Trinajstić information content (AvgIpc) is 3.80. The van der Waals surface area contributed by atoms with E-state index in [1.807, 2.05) is 0 Å². The third kappa shape index (κ3) is 3.60. The van der Waals surface area contributed by atoms with Crippen LogP contribution >= 0.6 is 0 Å². The third-order valence-electron chi connectivity index (χ3n) is 9.02. The van der Waals surface area contributed by atoms with Gasteiger partial charge in [-0.25, -0.2) is 0 Å². The summed E-state index contributed by atoms with van der Waals surface area (Å²) in [6, 6.07) is 49.9. The molecule has 45 heavy (non-hydrogen) atoms. The van der Waals surface area contributed by atoms with Gasteiger partial charge in [0.25, 0.3) is 0 Å². The van der Waals surface area contributed by atoms with Crippen molar-refractivity contribution in [3.63, 3.8) is 0 Å². The number of hydrogen-bond acceptors (Lipinski definition) is 2. The van der Waals surface area contributed by atoms with Gasteiger partial charge in [0.1, 0.15) is 0 Å². The first-order chi connectivity index (χ1) is 22.3. The summed E-state index contributed by atoms with van der Waals surface area (Å²) in [5.74, 6) is 0.697. The Balaban J connectivity index is 1.29. The van der Waals surface area contributed by atoms with Crippen LogP contribution in [0.1, 0.15) is 0 Å². The fraction of sp³-hybridized carbons (Fsp3) is 0. The van der Waals surface area contributed by atoms with Gasteiger partial charge in [-0.05, 0) is 18.2 Å². The van der Waals surface area contributed by atoms with Crippen LogP contribution in [0.3, 0.4) is 0 Å². The summed E-state index contributed by atoms with van der Waals surface area (Å²) in [6.45, 7) is 0. The zero-order valence-electron chi connectivity index (χ0n) is 24.1. The average molecular weight is 640 g/mol.